The summed E-state index contributed by atoms with van der Waals surface area (Å²) in [5.41, 5.74) is 1.03. The van der Waals surface area contributed by atoms with Gasteiger partial charge in [0.05, 0.1) is 11.7 Å². The van der Waals surface area contributed by atoms with Gasteiger partial charge in [-0.1, -0.05) is 25.4 Å². The van der Waals surface area contributed by atoms with E-state index in [1.165, 1.54) is 0 Å². The molecule has 1 unspecified atom stereocenters. The third-order valence-corrected chi connectivity index (χ3v) is 3.43. The number of nitrogens with zero attached hydrogens (tertiary/aromatic N) is 2. The topological polar surface area (TPSA) is 55.6 Å². The summed E-state index contributed by atoms with van der Waals surface area (Å²) < 4.78 is 7.25. The van der Waals surface area contributed by atoms with Crippen LogP contribution in [0.2, 0.25) is 5.02 Å². The Morgan fingerprint density at radius 1 is 1.43 bits per heavy atom. The molecule has 0 aromatic carbocycles. The van der Waals surface area contributed by atoms with E-state index in [-0.39, 0.29) is 6.04 Å². The number of hydrogen-bond acceptors (Lipinski definition) is 3. The molecule has 1 N–H and O–H groups in total. The molecule has 1 amide bonds. The molecule has 0 aliphatic carbocycles. The largest absolute Gasteiger partial charge is 0.444 e. The highest BCUT2D eigenvalue weighted by atomic mass is 35.5. The molecule has 0 fully saturated rings. The molecule has 0 aliphatic rings. The van der Waals surface area contributed by atoms with E-state index >= 15 is 0 Å². The highest BCUT2D eigenvalue weighted by Crippen LogP contribution is 2.23. The molecule has 5 nitrogen and oxygen atoms in total. The van der Waals surface area contributed by atoms with Crippen LogP contribution in [0.15, 0.2) is 24.5 Å². The number of hydrogen-bond donors (Lipinski definition) is 1. The van der Waals surface area contributed by atoms with Crippen LogP contribution in [0.3, 0.4) is 0 Å². The van der Waals surface area contributed by atoms with E-state index in [2.05, 4.69) is 24.1 Å². The minimum Gasteiger partial charge on any atom is -0.444 e. The minimum atomic E-state index is -0.529. The van der Waals surface area contributed by atoms with Crippen LogP contribution in [0.25, 0.3) is 5.65 Å². The van der Waals surface area contributed by atoms with E-state index in [4.69, 9.17) is 16.3 Å². The molecule has 2 aromatic rings. The second kappa shape index (κ2) is 6.79. The number of ether oxygens (including phenoxy) is 1. The summed E-state index contributed by atoms with van der Waals surface area (Å²) in [7, 11) is 0. The number of rotatable bonds is 4. The average molecular weight is 338 g/mol. The molecule has 2 rings (SSSR count). The maximum Gasteiger partial charge on any atom is 0.408 e. The van der Waals surface area contributed by atoms with Crippen molar-refractivity contribution in [3.8, 4) is 0 Å². The lowest BCUT2D eigenvalue weighted by atomic mass is 10.0. The molecule has 0 bridgehead atoms. The predicted molar refractivity (Wildman–Crippen MR) is 91.8 cm³/mol. The Morgan fingerprint density at radius 2 is 2.13 bits per heavy atom. The van der Waals surface area contributed by atoms with Crippen LogP contribution in [-0.2, 0) is 4.74 Å². The summed E-state index contributed by atoms with van der Waals surface area (Å²) in [4.78, 5) is 16.7. The Bertz CT molecular complexity index is 689. The molecule has 2 heterocycles. The third-order valence-electron chi connectivity index (χ3n) is 3.20. The van der Waals surface area contributed by atoms with Crippen molar-refractivity contribution >= 4 is 23.3 Å². The van der Waals surface area contributed by atoms with Crippen LogP contribution in [0.1, 0.15) is 52.8 Å². The van der Waals surface area contributed by atoms with Crippen molar-refractivity contribution in [1.82, 2.24) is 14.7 Å². The molecule has 6 heteroatoms. The van der Waals surface area contributed by atoms with E-state index in [1.807, 2.05) is 37.6 Å². The molecule has 0 aliphatic heterocycles. The van der Waals surface area contributed by atoms with Crippen LogP contribution in [0.4, 0.5) is 4.79 Å². The second-order valence-electron chi connectivity index (χ2n) is 7.10. The van der Waals surface area contributed by atoms with Gasteiger partial charge in [0, 0.05) is 17.4 Å². The fraction of sp³-hybridized carbons (Fsp3) is 0.529. The number of carbonyl (C=O) groups excluding carboxylic acids is 1. The van der Waals surface area contributed by atoms with Crippen LogP contribution >= 0.6 is 11.6 Å². The van der Waals surface area contributed by atoms with Crippen molar-refractivity contribution in [3.63, 3.8) is 0 Å². The molecule has 2 aromatic heterocycles. The monoisotopic (exact) mass is 337 g/mol. The molecule has 0 saturated carbocycles. The Labute approximate surface area is 142 Å². The summed E-state index contributed by atoms with van der Waals surface area (Å²) in [6.07, 6.45) is 4.11. The number of pyridine rings is 1. The van der Waals surface area contributed by atoms with Crippen molar-refractivity contribution < 1.29 is 9.53 Å². The highest BCUT2D eigenvalue weighted by molar-refractivity contribution is 6.30. The molecule has 126 valence electrons. The van der Waals surface area contributed by atoms with Gasteiger partial charge in [0.25, 0.3) is 0 Å². The van der Waals surface area contributed by atoms with Gasteiger partial charge in [-0.2, -0.15) is 0 Å². The van der Waals surface area contributed by atoms with Crippen LogP contribution in [0.5, 0.6) is 0 Å². The zero-order chi connectivity index (χ0) is 17.2. The molecular weight excluding hydrogens is 314 g/mol. The third kappa shape index (κ3) is 5.13. The van der Waals surface area contributed by atoms with Crippen molar-refractivity contribution in [2.24, 2.45) is 5.92 Å². The Morgan fingerprint density at radius 3 is 2.74 bits per heavy atom. The zero-order valence-corrected chi connectivity index (χ0v) is 15.0. The van der Waals surface area contributed by atoms with Gasteiger partial charge in [-0.3, -0.25) is 0 Å². The molecular formula is C17H24ClN3O2. The van der Waals surface area contributed by atoms with Crippen LogP contribution < -0.4 is 5.32 Å². The molecule has 23 heavy (non-hydrogen) atoms. The summed E-state index contributed by atoms with van der Waals surface area (Å²) >= 11 is 6.01. The molecule has 0 radical (unpaired) electrons. The van der Waals surface area contributed by atoms with Gasteiger partial charge in [-0.25, -0.2) is 9.78 Å². The number of imidazole rings is 1. The lowest BCUT2D eigenvalue weighted by Gasteiger charge is -2.23. The van der Waals surface area contributed by atoms with E-state index in [9.17, 15) is 4.79 Å². The Kier molecular flexibility index (Phi) is 5.19. The van der Waals surface area contributed by atoms with Gasteiger partial charge in [0.2, 0.25) is 0 Å². The maximum absolute atomic E-state index is 12.1. The highest BCUT2D eigenvalue weighted by Gasteiger charge is 2.23. The van der Waals surface area contributed by atoms with Crippen molar-refractivity contribution in [1.29, 1.82) is 0 Å². The second-order valence-corrected chi connectivity index (χ2v) is 7.54. The number of aromatic nitrogens is 2. The normalized spacial score (nSPS) is 13.3. The first-order valence-electron chi connectivity index (χ1n) is 7.78. The van der Waals surface area contributed by atoms with E-state index < -0.39 is 11.7 Å². The fourth-order valence-corrected chi connectivity index (χ4v) is 2.47. The number of carbonyl (C=O) groups is 1. The first-order valence-corrected chi connectivity index (χ1v) is 8.15. The summed E-state index contributed by atoms with van der Waals surface area (Å²) in [6.45, 7) is 9.75. The number of halogens is 1. The lowest BCUT2D eigenvalue weighted by Crippen LogP contribution is -2.35. The van der Waals surface area contributed by atoms with Crippen LogP contribution in [0, 0.1) is 5.92 Å². The smallest absolute Gasteiger partial charge is 0.408 e. The molecule has 0 spiro atoms. The predicted octanol–water partition coefficient (Wildman–Crippen LogP) is 4.60. The quantitative estimate of drug-likeness (QED) is 0.887. The summed E-state index contributed by atoms with van der Waals surface area (Å²) in [5, 5.41) is 3.56. The Balaban J connectivity index is 2.24. The number of nitrogens with one attached hydrogen (secondary N) is 1. The summed E-state index contributed by atoms with van der Waals surface area (Å²) in [6, 6.07) is 3.40. The van der Waals surface area contributed by atoms with Gasteiger partial charge >= 0.3 is 6.09 Å². The lowest BCUT2D eigenvalue weighted by molar-refractivity contribution is 0.0496. The van der Waals surface area contributed by atoms with E-state index in [0.29, 0.717) is 10.9 Å². The summed E-state index contributed by atoms with van der Waals surface area (Å²) in [5.74, 6) is 0.406. The maximum atomic E-state index is 12.1. The van der Waals surface area contributed by atoms with Crippen LogP contribution in [-0.4, -0.2) is 21.1 Å². The number of amides is 1. The average Bonchev–Trinajstić information content (AvgIpc) is 2.77. The first-order chi connectivity index (χ1) is 10.6. The van der Waals surface area contributed by atoms with Gasteiger partial charge in [0.15, 0.2) is 0 Å². The zero-order valence-electron chi connectivity index (χ0n) is 14.3. The van der Waals surface area contributed by atoms with Gasteiger partial charge in [-0.05, 0) is 45.2 Å². The standard InChI is InChI=1S/C17H24ClN3O2/c1-11(2)8-13(20-16(22)23-17(3,4)5)14-10-21-7-6-12(18)9-15(21)19-14/h6-7,9-11,13H,8H2,1-5H3,(H,20,22). The molecule has 1 atom stereocenters. The van der Waals surface area contributed by atoms with Crippen molar-refractivity contribution in [2.45, 2.75) is 52.7 Å². The van der Waals surface area contributed by atoms with Crippen molar-refractivity contribution in [2.75, 3.05) is 0 Å². The van der Waals surface area contributed by atoms with Gasteiger partial charge in [0.1, 0.15) is 11.2 Å². The number of fused-ring (bicyclic) bond motifs is 1. The van der Waals surface area contributed by atoms with E-state index in [1.54, 1.807) is 12.1 Å². The first kappa shape index (κ1) is 17.6. The minimum absolute atomic E-state index is 0.205. The van der Waals surface area contributed by atoms with Crippen molar-refractivity contribution in [3.05, 3.63) is 35.2 Å². The molecule has 0 saturated heterocycles. The Hall–Kier alpha value is -1.75. The van der Waals surface area contributed by atoms with Gasteiger partial charge < -0.3 is 14.5 Å². The fourth-order valence-electron chi connectivity index (χ4n) is 2.32. The van der Waals surface area contributed by atoms with E-state index in [0.717, 1.165) is 17.8 Å². The number of alkyl carbamates (subject to hydrolysis) is 1. The van der Waals surface area contributed by atoms with Gasteiger partial charge in [-0.15, -0.1) is 0 Å². The SMILES string of the molecule is CC(C)CC(NC(=O)OC(C)(C)C)c1cn2ccc(Cl)cc2n1.